The fourth-order valence-corrected chi connectivity index (χ4v) is 3.59. The second kappa shape index (κ2) is 6.06. The lowest BCUT2D eigenvalue weighted by molar-refractivity contribution is -0.145. The molecule has 3 rings (SSSR count). The van der Waals surface area contributed by atoms with Gasteiger partial charge in [-0.3, -0.25) is 9.59 Å². The van der Waals surface area contributed by atoms with E-state index < -0.39 is 11.9 Å². The van der Waals surface area contributed by atoms with Crippen molar-refractivity contribution < 1.29 is 14.7 Å². The minimum atomic E-state index is -0.803. The third-order valence-corrected chi connectivity index (χ3v) is 5.05. The van der Waals surface area contributed by atoms with Crippen LogP contribution in [-0.2, 0) is 4.79 Å². The molecule has 7 heteroatoms. The first-order valence-electron chi connectivity index (χ1n) is 7.37. The lowest BCUT2D eigenvalue weighted by atomic mass is 9.87. The first-order chi connectivity index (χ1) is 10.9. The van der Waals surface area contributed by atoms with Gasteiger partial charge in [0.15, 0.2) is 0 Å². The SMILES string of the molecule is CC1CN(C(=O)c2[nH]c3ccc(Cl)cc3c2Cl)CCC1C(=O)O. The Morgan fingerprint density at radius 3 is 2.74 bits per heavy atom. The number of aromatic amines is 1. The predicted molar refractivity (Wildman–Crippen MR) is 89.1 cm³/mol. The number of H-pyrrole nitrogens is 1. The summed E-state index contributed by atoms with van der Waals surface area (Å²) < 4.78 is 0. The predicted octanol–water partition coefficient (Wildman–Crippen LogP) is 3.66. The van der Waals surface area contributed by atoms with Crippen LogP contribution in [0.4, 0.5) is 0 Å². The molecule has 2 heterocycles. The van der Waals surface area contributed by atoms with Gasteiger partial charge in [0.1, 0.15) is 5.69 Å². The summed E-state index contributed by atoms with van der Waals surface area (Å²) in [4.78, 5) is 28.6. The molecule has 0 spiro atoms. The van der Waals surface area contributed by atoms with Crippen LogP contribution in [0, 0.1) is 11.8 Å². The summed E-state index contributed by atoms with van der Waals surface area (Å²) in [7, 11) is 0. The summed E-state index contributed by atoms with van der Waals surface area (Å²) in [5.41, 5.74) is 1.07. The Hall–Kier alpha value is -1.72. The van der Waals surface area contributed by atoms with Crippen LogP contribution in [0.5, 0.6) is 0 Å². The number of piperidine rings is 1. The van der Waals surface area contributed by atoms with E-state index in [4.69, 9.17) is 23.2 Å². The molecule has 0 aliphatic carbocycles. The number of aromatic nitrogens is 1. The maximum Gasteiger partial charge on any atom is 0.306 e. The van der Waals surface area contributed by atoms with E-state index in [0.29, 0.717) is 40.6 Å². The Kier molecular flexibility index (Phi) is 4.25. The van der Waals surface area contributed by atoms with Crippen molar-refractivity contribution in [3.05, 3.63) is 33.9 Å². The van der Waals surface area contributed by atoms with E-state index in [1.54, 1.807) is 23.1 Å². The topological polar surface area (TPSA) is 73.4 Å². The van der Waals surface area contributed by atoms with Crippen molar-refractivity contribution in [2.24, 2.45) is 11.8 Å². The molecule has 1 aliphatic rings. The summed E-state index contributed by atoms with van der Waals surface area (Å²) in [6.45, 7) is 2.67. The maximum absolute atomic E-state index is 12.7. The van der Waals surface area contributed by atoms with E-state index in [1.165, 1.54) is 0 Å². The number of halogens is 2. The van der Waals surface area contributed by atoms with Gasteiger partial charge in [0.05, 0.1) is 10.9 Å². The Morgan fingerprint density at radius 1 is 1.35 bits per heavy atom. The highest BCUT2D eigenvalue weighted by Crippen LogP contribution is 2.32. The van der Waals surface area contributed by atoms with Crippen LogP contribution in [0.1, 0.15) is 23.8 Å². The van der Waals surface area contributed by atoms with Gasteiger partial charge in [0.25, 0.3) is 5.91 Å². The Labute approximate surface area is 143 Å². The molecule has 1 saturated heterocycles. The van der Waals surface area contributed by atoms with Crippen LogP contribution in [0.15, 0.2) is 18.2 Å². The van der Waals surface area contributed by atoms with Crippen molar-refractivity contribution in [2.75, 3.05) is 13.1 Å². The zero-order chi connectivity index (χ0) is 16.7. The lowest BCUT2D eigenvalue weighted by Gasteiger charge is -2.34. The number of carbonyl (C=O) groups excluding carboxylic acids is 1. The fourth-order valence-electron chi connectivity index (χ4n) is 3.13. The lowest BCUT2D eigenvalue weighted by Crippen LogP contribution is -2.45. The van der Waals surface area contributed by atoms with Crippen molar-refractivity contribution in [1.82, 2.24) is 9.88 Å². The molecule has 2 unspecified atom stereocenters. The number of hydrogen-bond acceptors (Lipinski definition) is 2. The standard InChI is InChI=1S/C16H16Cl2N2O3/c1-8-7-20(5-4-10(8)16(22)23)15(21)14-13(18)11-6-9(17)2-3-12(11)19-14/h2-3,6,8,10,19H,4-5,7H2,1H3,(H,22,23). The second-order valence-electron chi connectivity index (χ2n) is 5.97. The molecule has 0 saturated carbocycles. The van der Waals surface area contributed by atoms with Gasteiger partial charge in [-0.15, -0.1) is 0 Å². The molecule has 2 aromatic rings. The largest absolute Gasteiger partial charge is 0.481 e. The molecule has 1 aliphatic heterocycles. The number of carboxylic acid groups (broad SMARTS) is 1. The van der Waals surface area contributed by atoms with Crippen molar-refractivity contribution >= 4 is 46.0 Å². The summed E-state index contributed by atoms with van der Waals surface area (Å²) >= 11 is 12.3. The van der Waals surface area contributed by atoms with Crippen molar-refractivity contribution in [1.29, 1.82) is 0 Å². The van der Waals surface area contributed by atoms with Crippen molar-refractivity contribution in [2.45, 2.75) is 13.3 Å². The number of aliphatic carboxylic acids is 1. The molecule has 0 bridgehead atoms. The number of nitrogens with zero attached hydrogens (tertiary/aromatic N) is 1. The zero-order valence-electron chi connectivity index (χ0n) is 12.5. The normalized spacial score (nSPS) is 21.6. The first kappa shape index (κ1) is 16.1. The highest BCUT2D eigenvalue weighted by molar-refractivity contribution is 6.39. The van der Waals surface area contributed by atoms with Crippen LogP contribution >= 0.6 is 23.2 Å². The minimum Gasteiger partial charge on any atom is -0.481 e. The molecule has 2 N–H and O–H groups in total. The molecule has 0 radical (unpaired) electrons. The summed E-state index contributed by atoms with van der Waals surface area (Å²) in [6, 6.07) is 5.22. The van der Waals surface area contributed by atoms with Gasteiger partial charge in [-0.2, -0.15) is 0 Å². The molecular weight excluding hydrogens is 339 g/mol. The molecule has 122 valence electrons. The van der Waals surface area contributed by atoms with E-state index in [1.807, 2.05) is 6.92 Å². The van der Waals surface area contributed by atoms with Gasteiger partial charge >= 0.3 is 5.97 Å². The molecule has 1 aromatic heterocycles. The second-order valence-corrected chi connectivity index (χ2v) is 6.78. The van der Waals surface area contributed by atoms with Crippen molar-refractivity contribution in [3.8, 4) is 0 Å². The number of likely N-dealkylation sites (tertiary alicyclic amines) is 1. The van der Waals surface area contributed by atoms with Crippen LogP contribution in [0.2, 0.25) is 10.0 Å². The number of carboxylic acids is 1. The average Bonchev–Trinajstić information content (AvgIpc) is 2.83. The highest BCUT2D eigenvalue weighted by Gasteiger charge is 2.34. The van der Waals surface area contributed by atoms with Crippen molar-refractivity contribution in [3.63, 3.8) is 0 Å². The van der Waals surface area contributed by atoms with Crippen LogP contribution in [0.25, 0.3) is 10.9 Å². The monoisotopic (exact) mass is 354 g/mol. The van der Waals surface area contributed by atoms with Gasteiger partial charge in [-0.05, 0) is 30.5 Å². The summed E-state index contributed by atoms with van der Waals surface area (Å²) in [5.74, 6) is -1.51. The number of benzene rings is 1. The van der Waals surface area contributed by atoms with Crippen LogP contribution in [-0.4, -0.2) is 40.0 Å². The Morgan fingerprint density at radius 2 is 2.09 bits per heavy atom. The minimum absolute atomic E-state index is 0.0946. The molecular formula is C16H16Cl2N2O3. The van der Waals surface area contributed by atoms with Crippen LogP contribution in [0.3, 0.4) is 0 Å². The summed E-state index contributed by atoms with van der Waals surface area (Å²) in [5, 5.41) is 10.8. The average molecular weight is 355 g/mol. The molecule has 1 fully saturated rings. The molecule has 5 nitrogen and oxygen atoms in total. The number of rotatable bonds is 2. The van der Waals surface area contributed by atoms with Gasteiger partial charge in [0, 0.05) is 29.0 Å². The number of nitrogens with one attached hydrogen (secondary N) is 1. The smallest absolute Gasteiger partial charge is 0.306 e. The van der Waals surface area contributed by atoms with E-state index in [-0.39, 0.29) is 11.8 Å². The van der Waals surface area contributed by atoms with E-state index in [9.17, 15) is 14.7 Å². The zero-order valence-corrected chi connectivity index (χ0v) is 14.0. The molecule has 1 aromatic carbocycles. The van der Waals surface area contributed by atoms with Gasteiger partial charge in [-0.25, -0.2) is 0 Å². The van der Waals surface area contributed by atoms with Gasteiger partial charge in [0.2, 0.25) is 0 Å². The third kappa shape index (κ3) is 2.91. The quantitative estimate of drug-likeness (QED) is 0.864. The van der Waals surface area contributed by atoms with E-state index in [2.05, 4.69) is 4.98 Å². The maximum atomic E-state index is 12.7. The van der Waals surface area contributed by atoms with Gasteiger partial charge in [-0.1, -0.05) is 30.1 Å². The molecule has 23 heavy (non-hydrogen) atoms. The summed E-state index contributed by atoms with van der Waals surface area (Å²) in [6.07, 6.45) is 0.450. The molecule has 2 atom stereocenters. The number of hydrogen-bond donors (Lipinski definition) is 2. The fraction of sp³-hybridized carbons (Fsp3) is 0.375. The van der Waals surface area contributed by atoms with E-state index >= 15 is 0 Å². The van der Waals surface area contributed by atoms with Gasteiger partial charge < -0.3 is 15.0 Å². The molecule has 1 amide bonds. The third-order valence-electron chi connectivity index (χ3n) is 4.42. The number of amides is 1. The van der Waals surface area contributed by atoms with Crippen LogP contribution < -0.4 is 0 Å². The van der Waals surface area contributed by atoms with E-state index in [0.717, 1.165) is 5.52 Å². The number of fused-ring (bicyclic) bond motifs is 1. The number of carbonyl (C=O) groups is 2. The Balaban J connectivity index is 1.87. The highest BCUT2D eigenvalue weighted by atomic mass is 35.5. The first-order valence-corrected chi connectivity index (χ1v) is 8.13. The Bertz CT molecular complexity index is 787.